The maximum absolute atomic E-state index is 9.80. The number of nitrogens with one attached hydrogen (secondary N) is 1. The van der Waals surface area contributed by atoms with Crippen LogP contribution in [0.5, 0.6) is 5.75 Å². The molecule has 0 fully saturated rings. The van der Waals surface area contributed by atoms with Crippen LogP contribution >= 0.6 is 27.3 Å². The highest BCUT2D eigenvalue weighted by Gasteiger charge is 2.05. The molecule has 6 heteroatoms. The van der Waals surface area contributed by atoms with E-state index in [1.807, 2.05) is 30.5 Å². The lowest BCUT2D eigenvalue weighted by molar-refractivity contribution is 0.106. The molecule has 1 atom stereocenters. The van der Waals surface area contributed by atoms with Gasteiger partial charge >= 0.3 is 0 Å². The lowest BCUT2D eigenvalue weighted by Crippen LogP contribution is -2.30. The minimum atomic E-state index is -0.535. The van der Waals surface area contributed by atoms with E-state index in [-0.39, 0.29) is 6.61 Å². The van der Waals surface area contributed by atoms with Crippen molar-refractivity contribution >= 4 is 27.3 Å². The van der Waals surface area contributed by atoms with Gasteiger partial charge in [0.2, 0.25) is 0 Å². The molecule has 4 nitrogen and oxygen atoms in total. The van der Waals surface area contributed by atoms with E-state index < -0.39 is 6.10 Å². The molecule has 0 aliphatic carbocycles. The first kappa shape index (κ1) is 14.5. The Labute approximate surface area is 124 Å². The summed E-state index contributed by atoms with van der Waals surface area (Å²) in [5, 5.41) is 13.0. The van der Waals surface area contributed by atoms with Gasteiger partial charge in [0.25, 0.3) is 0 Å². The highest BCUT2D eigenvalue weighted by Crippen LogP contribution is 2.17. The lowest BCUT2D eigenvalue weighted by atomic mass is 10.3. The Balaban J connectivity index is 1.65. The van der Waals surface area contributed by atoms with E-state index in [1.165, 1.54) is 0 Å². The minimum Gasteiger partial charge on any atom is -0.491 e. The smallest absolute Gasteiger partial charge is 0.120 e. The molecule has 2 N–H and O–H groups in total. The molecule has 102 valence electrons. The van der Waals surface area contributed by atoms with E-state index in [1.54, 1.807) is 16.8 Å². The summed E-state index contributed by atoms with van der Waals surface area (Å²) in [5.74, 6) is 0.746. The van der Waals surface area contributed by atoms with Gasteiger partial charge in [-0.2, -0.15) is 0 Å². The number of hydrogen-bond donors (Lipinski definition) is 2. The summed E-state index contributed by atoms with van der Waals surface area (Å²) in [5.41, 5.74) is 1.80. The Morgan fingerprint density at radius 2 is 2.37 bits per heavy atom. The number of rotatable bonds is 7. The van der Waals surface area contributed by atoms with E-state index in [0.29, 0.717) is 6.54 Å². The number of thiazole rings is 1. The quantitative estimate of drug-likeness (QED) is 0.811. The molecule has 1 unspecified atom stereocenters. The van der Waals surface area contributed by atoms with Gasteiger partial charge in [-0.3, -0.25) is 4.98 Å². The van der Waals surface area contributed by atoms with Crippen molar-refractivity contribution in [1.82, 2.24) is 10.3 Å². The van der Waals surface area contributed by atoms with Crippen LogP contribution < -0.4 is 10.1 Å². The van der Waals surface area contributed by atoms with E-state index in [9.17, 15) is 5.11 Å². The van der Waals surface area contributed by atoms with Crippen LogP contribution in [0.2, 0.25) is 0 Å². The number of aromatic nitrogens is 1. The Bertz CT molecular complexity index is 493. The van der Waals surface area contributed by atoms with Crippen molar-refractivity contribution in [3.05, 3.63) is 45.3 Å². The summed E-state index contributed by atoms with van der Waals surface area (Å²) in [7, 11) is 0. The second kappa shape index (κ2) is 7.59. The third-order valence-electron chi connectivity index (χ3n) is 2.40. The predicted octanol–water partition coefficient (Wildman–Crippen LogP) is 2.44. The first-order chi connectivity index (χ1) is 9.24. The molecule has 1 aromatic carbocycles. The van der Waals surface area contributed by atoms with Crippen molar-refractivity contribution in [3.8, 4) is 5.75 Å². The molecule has 0 aliphatic rings. The van der Waals surface area contributed by atoms with Crippen molar-refractivity contribution < 1.29 is 9.84 Å². The van der Waals surface area contributed by atoms with Crippen LogP contribution in [-0.2, 0) is 6.54 Å². The Morgan fingerprint density at radius 1 is 1.47 bits per heavy atom. The van der Waals surface area contributed by atoms with Crippen molar-refractivity contribution in [2.75, 3.05) is 13.2 Å². The molecule has 0 saturated heterocycles. The molecular weight excluding hydrogens is 328 g/mol. The Kier molecular flexibility index (Phi) is 5.78. The fourth-order valence-corrected chi connectivity index (χ4v) is 2.44. The first-order valence-electron chi connectivity index (χ1n) is 5.88. The van der Waals surface area contributed by atoms with Crippen molar-refractivity contribution in [2.45, 2.75) is 12.6 Å². The van der Waals surface area contributed by atoms with Gasteiger partial charge in [-0.05, 0) is 18.2 Å². The Morgan fingerprint density at radius 3 is 3.11 bits per heavy atom. The van der Waals surface area contributed by atoms with Gasteiger partial charge in [-0.1, -0.05) is 22.0 Å². The normalized spacial score (nSPS) is 12.3. The number of hydrogen-bond acceptors (Lipinski definition) is 5. The Hall–Kier alpha value is -0.950. The summed E-state index contributed by atoms with van der Waals surface area (Å²) in [6.45, 7) is 1.48. The fraction of sp³-hybridized carbons (Fsp3) is 0.308. The molecule has 0 amide bonds. The molecule has 0 aliphatic heterocycles. The number of ether oxygens (including phenoxy) is 1. The van der Waals surface area contributed by atoms with Crippen molar-refractivity contribution in [3.63, 3.8) is 0 Å². The van der Waals surface area contributed by atoms with Crippen LogP contribution in [0, 0.1) is 0 Å². The van der Waals surface area contributed by atoms with Gasteiger partial charge < -0.3 is 15.2 Å². The first-order valence-corrected chi connectivity index (χ1v) is 7.56. The average molecular weight is 343 g/mol. The third-order valence-corrected chi connectivity index (χ3v) is 3.67. The topological polar surface area (TPSA) is 54.4 Å². The minimum absolute atomic E-state index is 0.270. The highest BCUT2D eigenvalue weighted by molar-refractivity contribution is 9.10. The van der Waals surface area contributed by atoms with Crippen molar-refractivity contribution in [1.29, 1.82) is 0 Å². The van der Waals surface area contributed by atoms with Gasteiger partial charge in [0.05, 0.1) is 5.51 Å². The fourth-order valence-electron chi connectivity index (χ4n) is 1.50. The molecule has 2 rings (SSSR count). The van der Waals surface area contributed by atoms with E-state index in [2.05, 4.69) is 26.2 Å². The molecule has 2 aromatic rings. The van der Waals surface area contributed by atoms with Crippen LogP contribution in [0.3, 0.4) is 0 Å². The van der Waals surface area contributed by atoms with E-state index >= 15 is 0 Å². The second-order valence-electron chi connectivity index (χ2n) is 4.02. The highest BCUT2D eigenvalue weighted by atomic mass is 79.9. The molecular formula is C13H15BrN2O2S. The van der Waals surface area contributed by atoms with Gasteiger partial charge in [-0.25, -0.2) is 0 Å². The molecule has 19 heavy (non-hydrogen) atoms. The third kappa shape index (κ3) is 5.28. The predicted molar refractivity (Wildman–Crippen MR) is 79.5 cm³/mol. The maximum Gasteiger partial charge on any atom is 0.120 e. The lowest BCUT2D eigenvalue weighted by Gasteiger charge is -2.13. The zero-order chi connectivity index (χ0) is 13.5. The van der Waals surface area contributed by atoms with Crippen LogP contribution in [0.1, 0.15) is 4.88 Å². The maximum atomic E-state index is 9.80. The zero-order valence-electron chi connectivity index (χ0n) is 10.3. The summed E-state index contributed by atoms with van der Waals surface area (Å²) >= 11 is 4.97. The van der Waals surface area contributed by atoms with Crippen molar-refractivity contribution in [2.24, 2.45) is 0 Å². The number of nitrogens with zero attached hydrogens (tertiary/aromatic N) is 1. The van der Waals surface area contributed by atoms with Crippen LogP contribution in [0.4, 0.5) is 0 Å². The largest absolute Gasteiger partial charge is 0.491 e. The zero-order valence-corrected chi connectivity index (χ0v) is 12.7. The van der Waals surface area contributed by atoms with Gasteiger partial charge in [0.15, 0.2) is 0 Å². The summed E-state index contributed by atoms with van der Waals surface area (Å²) in [4.78, 5) is 5.14. The van der Waals surface area contributed by atoms with Crippen LogP contribution in [0.25, 0.3) is 0 Å². The van der Waals surface area contributed by atoms with Gasteiger partial charge in [0, 0.05) is 28.6 Å². The summed E-state index contributed by atoms with van der Waals surface area (Å²) < 4.78 is 6.47. The standard InChI is InChI=1S/C13H15BrN2O2S/c14-10-2-1-3-12(4-10)18-8-11(17)5-15-6-13-7-16-9-19-13/h1-4,7,9,11,15,17H,5-6,8H2. The average Bonchev–Trinajstić information content (AvgIpc) is 2.90. The molecule has 0 radical (unpaired) electrons. The van der Waals surface area contributed by atoms with Gasteiger partial charge in [-0.15, -0.1) is 11.3 Å². The summed E-state index contributed by atoms with van der Waals surface area (Å²) in [6.07, 6.45) is 1.29. The second-order valence-corrected chi connectivity index (χ2v) is 5.91. The van der Waals surface area contributed by atoms with Crippen LogP contribution in [0.15, 0.2) is 40.4 Å². The van der Waals surface area contributed by atoms with Crippen LogP contribution in [-0.4, -0.2) is 29.3 Å². The number of aliphatic hydroxyl groups excluding tert-OH is 1. The van der Waals surface area contributed by atoms with E-state index in [0.717, 1.165) is 21.6 Å². The molecule has 0 spiro atoms. The number of benzene rings is 1. The molecule has 0 bridgehead atoms. The van der Waals surface area contributed by atoms with Gasteiger partial charge in [0.1, 0.15) is 18.5 Å². The monoisotopic (exact) mass is 342 g/mol. The summed E-state index contributed by atoms with van der Waals surface area (Å²) in [6, 6.07) is 7.56. The van der Waals surface area contributed by atoms with E-state index in [4.69, 9.17) is 4.74 Å². The SMILES string of the molecule is OC(CNCc1cncs1)COc1cccc(Br)c1. The molecule has 0 saturated carbocycles. The molecule has 1 heterocycles. The number of aliphatic hydroxyl groups is 1. The number of halogens is 1. The molecule has 1 aromatic heterocycles.